The fourth-order valence-electron chi connectivity index (χ4n) is 1.85. The Morgan fingerprint density at radius 2 is 2.11 bits per heavy atom. The van der Waals surface area contributed by atoms with E-state index in [4.69, 9.17) is 4.74 Å². The van der Waals surface area contributed by atoms with E-state index in [1.807, 2.05) is 6.07 Å². The maximum Gasteiger partial charge on any atom is 0.330 e. The second-order valence-electron chi connectivity index (χ2n) is 4.34. The molecule has 19 heavy (non-hydrogen) atoms. The standard InChI is InChI=1S/C13H15NO4S/c15-11(8-18-10-4-2-1-3-5-10)14-13(12(16)17)6-7-19-9-13/h1-5H,6-9H2,(H,14,15)(H,16,17)/t13-/m0/s1. The fraction of sp³-hybridized carbons (Fsp3) is 0.385. The van der Waals surface area contributed by atoms with Gasteiger partial charge in [-0.05, 0) is 24.3 Å². The van der Waals surface area contributed by atoms with Gasteiger partial charge in [-0.25, -0.2) is 4.79 Å². The first-order chi connectivity index (χ1) is 9.12. The van der Waals surface area contributed by atoms with Crippen LogP contribution in [0, 0.1) is 0 Å². The van der Waals surface area contributed by atoms with Gasteiger partial charge in [-0.3, -0.25) is 4.79 Å². The van der Waals surface area contributed by atoms with Gasteiger partial charge in [0.1, 0.15) is 11.3 Å². The van der Waals surface area contributed by atoms with Crippen molar-refractivity contribution in [3.05, 3.63) is 30.3 Å². The predicted octanol–water partition coefficient (Wildman–Crippen LogP) is 1.14. The SMILES string of the molecule is O=C(COc1ccccc1)N[C@@]1(C(=O)O)CCSC1. The number of carboxylic acid groups (broad SMARTS) is 1. The van der Waals surface area contributed by atoms with Crippen LogP contribution in [0.25, 0.3) is 0 Å². The third-order valence-electron chi connectivity index (χ3n) is 2.92. The summed E-state index contributed by atoms with van der Waals surface area (Å²) in [6.07, 6.45) is 0.448. The van der Waals surface area contributed by atoms with E-state index >= 15 is 0 Å². The number of para-hydroxylation sites is 1. The molecular formula is C13H15NO4S. The van der Waals surface area contributed by atoms with Gasteiger partial charge in [0.05, 0.1) is 0 Å². The first-order valence-corrected chi connectivity index (χ1v) is 7.08. The minimum atomic E-state index is -1.14. The summed E-state index contributed by atoms with van der Waals surface area (Å²) in [5.74, 6) is 0.341. The molecule has 1 amide bonds. The zero-order chi connectivity index (χ0) is 13.7. The zero-order valence-electron chi connectivity index (χ0n) is 10.3. The summed E-state index contributed by atoms with van der Waals surface area (Å²) in [5, 5.41) is 11.8. The summed E-state index contributed by atoms with van der Waals surface area (Å²) < 4.78 is 5.29. The second kappa shape index (κ2) is 5.97. The minimum absolute atomic E-state index is 0.177. The Hall–Kier alpha value is -1.69. The van der Waals surface area contributed by atoms with Crippen molar-refractivity contribution in [3.8, 4) is 5.75 Å². The molecule has 1 aliphatic rings. The monoisotopic (exact) mass is 281 g/mol. The molecule has 0 unspecified atom stereocenters. The first kappa shape index (κ1) is 13.7. The quantitative estimate of drug-likeness (QED) is 0.846. The van der Waals surface area contributed by atoms with Crippen molar-refractivity contribution in [2.75, 3.05) is 18.1 Å². The van der Waals surface area contributed by atoms with E-state index < -0.39 is 17.4 Å². The van der Waals surface area contributed by atoms with Crippen LogP contribution in [0.2, 0.25) is 0 Å². The summed E-state index contributed by atoms with van der Waals surface area (Å²) in [6.45, 7) is -0.177. The van der Waals surface area contributed by atoms with Gasteiger partial charge < -0.3 is 15.2 Å². The molecule has 1 saturated heterocycles. The van der Waals surface area contributed by atoms with Gasteiger partial charge in [-0.15, -0.1) is 0 Å². The lowest BCUT2D eigenvalue weighted by Gasteiger charge is -2.24. The molecule has 2 rings (SSSR count). The van der Waals surface area contributed by atoms with Crippen LogP contribution in [0.4, 0.5) is 0 Å². The molecule has 5 nitrogen and oxygen atoms in total. The van der Waals surface area contributed by atoms with Crippen LogP contribution in [-0.4, -0.2) is 40.6 Å². The van der Waals surface area contributed by atoms with E-state index in [1.165, 1.54) is 11.8 Å². The summed E-state index contributed by atoms with van der Waals surface area (Å²) >= 11 is 1.53. The number of amides is 1. The number of carboxylic acids is 1. The van der Waals surface area contributed by atoms with Crippen LogP contribution in [0.5, 0.6) is 5.75 Å². The smallest absolute Gasteiger partial charge is 0.330 e. The van der Waals surface area contributed by atoms with Gasteiger partial charge in [0.25, 0.3) is 5.91 Å². The van der Waals surface area contributed by atoms with E-state index in [2.05, 4.69) is 5.32 Å². The van der Waals surface area contributed by atoms with Crippen LogP contribution in [0.15, 0.2) is 30.3 Å². The average molecular weight is 281 g/mol. The van der Waals surface area contributed by atoms with Gasteiger partial charge in [0.15, 0.2) is 6.61 Å². The van der Waals surface area contributed by atoms with E-state index in [-0.39, 0.29) is 6.61 Å². The number of carbonyl (C=O) groups is 2. The summed E-state index contributed by atoms with van der Waals surface area (Å²) in [6, 6.07) is 8.94. The molecule has 0 bridgehead atoms. The van der Waals surface area contributed by atoms with Crippen molar-refractivity contribution in [2.24, 2.45) is 0 Å². The summed E-state index contributed by atoms with van der Waals surface area (Å²) in [5.41, 5.74) is -1.14. The van der Waals surface area contributed by atoms with Gasteiger partial charge in [0.2, 0.25) is 0 Å². The molecule has 1 fully saturated rings. The molecule has 6 heteroatoms. The lowest BCUT2D eigenvalue weighted by atomic mass is 9.99. The largest absolute Gasteiger partial charge is 0.484 e. The lowest BCUT2D eigenvalue weighted by Crippen LogP contribution is -2.55. The molecule has 102 valence electrons. The van der Waals surface area contributed by atoms with Crippen molar-refractivity contribution >= 4 is 23.6 Å². The number of carbonyl (C=O) groups excluding carboxylic acids is 1. The van der Waals surface area contributed by atoms with Crippen LogP contribution in [-0.2, 0) is 9.59 Å². The Bertz CT molecular complexity index is 457. The summed E-state index contributed by atoms with van der Waals surface area (Å²) in [7, 11) is 0. The van der Waals surface area contributed by atoms with Crippen molar-refractivity contribution in [3.63, 3.8) is 0 Å². The minimum Gasteiger partial charge on any atom is -0.484 e. The van der Waals surface area contributed by atoms with Gasteiger partial charge in [-0.2, -0.15) is 11.8 Å². The Morgan fingerprint density at radius 1 is 1.37 bits per heavy atom. The highest BCUT2D eigenvalue weighted by molar-refractivity contribution is 7.99. The lowest BCUT2D eigenvalue weighted by molar-refractivity contribution is -0.146. The van der Waals surface area contributed by atoms with Crippen LogP contribution in [0.1, 0.15) is 6.42 Å². The van der Waals surface area contributed by atoms with Gasteiger partial charge >= 0.3 is 5.97 Å². The van der Waals surface area contributed by atoms with Crippen LogP contribution >= 0.6 is 11.8 Å². The van der Waals surface area contributed by atoms with Crippen LogP contribution in [0.3, 0.4) is 0 Å². The molecule has 0 spiro atoms. The van der Waals surface area contributed by atoms with Crippen molar-refractivity contribution in [1.82, 2.24) is 5.32 Å². The second-order valence-corrected chi connectivity index (χ2v) is 5.44. The molecular weight excluding hydrogens is 266 g/mol. The molecule has 0 saturated carbocycles. The number of aliphatic carboxylic acids is 1. The normalized spacial score (nSPS) is 21.9. The van der Waals surface area contributed by atoms with Crippen molar-refractivity contribution < 1.29 is 19.4 Å². The highest BCUT2D eigenvalue weighted by atomic mass is 32.2. The maximum absolute atomic E-state index is 11.8. The Labute approximate surface area is 115 Å². The molecule has 1 aromatic carbocycles. The number of nitrogens with one attached hydrogen (secondary N) is 1. The van der Waals surface area contributed by atoms with Crippen molar-refractivity contribution in [1.29, 1.82) is 0 Å². The maximum atomic E-state index is 11.8. The topological polar surface area (TPSA) is 75.6 Å². The Kier molecular flexibility index (Phi) is 4.31. The van der Waals surface area contributed by atoms with Gasteiger partial charge in [-0.1, -0.05) is 18.2 Å². The number of benzene rings is 1. The molecule has 1 atom stereocenters. The predicted molar refractivity (Wildman–Crippen MR) is 72.4 cm³/mol. The van der Waals surface area contributed by atoms with Crippen molar-refractivity contribution in [2.45, 2.75) is 12.0 Å². The van der Waals surface area contributed by atoms with Crippen LogP contribution < -0.4 is 10.1 Å². The Balaban J connectivity index is 1.88. The first-order valence-electron chi connectivity index (χ1n) is 5.92. The average Bonchev–Trinajstić information content (AvgIpc) is 2.87. The van der Waals surface area contributed by atoms with Gasteiger partial charge in [0, 0.05) is 5.75 Å². The number of thioether (sulfide) groups is 1. The van der Waals surface area contributed by atoms with E-state index in [0.717, 1.165) is 5.75 Å². The third kappa shape index (κ3) is 3.41. The molecule has 1 aromatic rings. The molecule has 1 aliphatic heterocycles. The molecule has 1 heterocycles. The molecule has 0 aromatic heterocycles. The summed E-state index contributed by atoms with van der Waals surface area (Å²) in [4.78, 5) is 23.0. The molecule has 2 N–H and O–H groups in total. The number of hydrogen-bond donors (Lipinski definition) is 2. The highest BCUT2D eigenvalue weighted by Gasteiger charge is 2.43. The van der Waals surface area contributed by atoms with E-state index in [1.54, 1.807) is 24.3 Å². The third-order valence-corrected chi connectivity index (χ3v) is 4.11. The number of rotatable bonds is 5. The van der Waals surface area contributed by atoms with E-state index in [0.29, 0.717) is 17.9 Å². The highest BCUT2D eigenvalue weighted by Crippen LogP contribution is 2.28. The Morgan fingerprint density at radius 3 is 2.68 bits per heavy atom. The molecule has 0 aliphatic carbocycles. The molecule has 0 radical (unpaired) electrons. The fourth-order valence-corrected chi connectivity index (χ4v) is 3.18. The number of hydrogen-bond acceptors (Lipinski definition) is 4. The zero-order valence-corrected chi connectivity index (χ0v) is 11.1. The number of ether oxygens (including phenoxy) is 1. The van der Waals surface area contributed by atoms with E-state index in [9.17, 15) is 14.7 Å².